The number of hydrogen-bond acceptors (Lipinski definition) is 6. The second kappa shape index (κ2) is 6.86. The highest BCUT2D eigenvalue weighted by atomic mass is 19.1. The fraction of sp³-hybridized carbons (Fsp3) is 0.125. The third-order valence-corrected chi connectivity index (χ3v) is 3.32. The van der Waals surface area contributed by atoms with E-state index in [2.05, 4.69) is 15.5 Å². The van der Waals surface area contributed by atoms with E-state index in [9.17, 15) is 9.18 Å². The normalized spacial score (nSPS) is 10.4. The smallest absolute Gasteiger partial charge is 0.338 e. The Balaban J connectivity index is 1.68. The Kier molecular flexibility index (Phi) is 4.46. The standard InChI is InChI=1S/C16H13FN4O3/c1-23-15-7-4-13(17)8-12(15)9-24-16(22)11-2-5-14(6-3-11)21-10-18-19-20-21/h2-8,10H,9H2,1H3. The molecule has 1 heterocycles. The average molecular weight is 328 g/mol. The summed E-state index contributed by atoms with van der Waals surface area (Å²) >= 11 is 0. The van der Waals surface area contributed by atoms with Crippen molar-refractivity contribution in [3.05, 3.63) is 65.7 Å². The molecule has 0 aliphatic carbocycles. The maximum Gasteiger partial charge on any atom is 0.338 e. The van der Waals surface area contributed by atoms with Crippen molar-refractivity contribution in [2.24, 2.45) is 0 Å². The molecule has 2 aromatic carbocycles. The summed E-state index contributed by atoms with van der Waals surface area (Å²) in [6.07, 6.45) is 1.45. The summed E-state index contributed by atoms with van der Waals surface area (Å²) in [4.78, 5) is 12.1. The Bertz CT molecular complexity index is 835. The number of tetrazole rings is 1. The van der Waals surface area contributed by atoms with Gasteiger partial charge in [0.05, 0.1) is 18.4 Å². The number of hydrogen-bond donors (Lipinski definition) is 0. The molecular formula is C16H13FN4O3. The number of rotatable bonds is 5. The summed E-state index contributed by atoms with van der Waals surface area (Å²) in [5.41, 5.74) is 1.53. The summed E-state index contributed by atoms with van der Waals surface area (Å²) in [6, 6.07) is 10.6. The van der Waals surface area contributed by atoms with E-state index < -0.39 is 11.8 Å². The summed E-state index contributed by atoms with van der Waals surface area (Å²) < 4.78 is 25.1. The van der Waals surface area contributed by atoms with E-state index in [0.717, 1.165) is 0 Å². The first kappa shape index (κ1) is 15.6. The molecular weight excluding hydrogens is 315 g/mol. The molecule has 122 valence electrons. The minimum absolute atomic E-state index is 0.0888. The fourth-order valence-corrected chi connectivity index (χ4v) is 2.12. The Hall–Kier alpha value is -3.29. The van der Waals surface area contributed by atoms with Gasteiger partial charge in [-0.3, -0.25) is 0 Å². The maximum absolute atomic E-state index is 13.3. The Morgan fingerprint density at radius 3 is 2.67 bits per heavy atom. The molecule has 3 aromatic rings. The summed E-state index contributed by atoms with van der Waals surface area (Å²) in [6.45, 7) is -0.0888. The number of esters is 1. The molecule has 0 saturated carbocycles. The van der Waals surface area contributed by atoms with Crippen LogP contribution in [0.4, 0.5) is 4.39 Å². The minimum atomic E-state index is -0.524. The predicted octanol–water partition coefficient (Wildman–Crippen LogP) is 2.17. The third kappa shape index (κ3) is 3.37. The van der Waals surface area contributed by atoms with Gasteiger partial charge in [-0.1, -0.05) is 0 Å². The lowest BCUT2D eigenvalue weighted by Crippen LogP contribution is -2.07. The molecule has 0 unspecified atom stereocenters. The molecule has 1 aromatic heterocycles. The van der Waals surface area contributed by atoms with Crippen molar-refractivity contribution in [2.45, 2.75) is 6.61 Å². The van der Waals surface area contributed by atoms with E-state index in [-0.39, 0.29) is 6.61 Å². The largest absolute Gasteiger partial charge is 0.496 e. The van der Waals surface area contributed by atoms with Crippen molar-refractivity contribution in [1.29, 1.82) is 0 Å². The van der Waals surface area contributed by atoms with Gasteiger partial charge in [0.2, 0.25) is 0 Å². The molecule has 0 saturated heterocycles. The van der Waals surface area contributed by atoms with Gasteiger partial charge in [0.1, 0.15) is 24.5 Å². The first-order valence-corrected chi connectivity index (χ1v) is 7.00. The third-order valence-electron chi connectivity index (χ3n) is 3.32. The molecule has 0 fully saturated rings. The van der Waals surface area contributed by atoms with Crippen LogP contribution in [0.15, 0.2) is 48.8 Å². The Morgan fingerprint density at radius 1 is 1.21 bits per heavy atom. The monoisotopic (exact) mass is 328 g/mol. The molecule has 0 bridgehead atoms. The average Bonchev–Trinajstić information content (AvgIpc) is 3.14. The van der Waals surface area contributed by atoms with Crippen molar-refractivity contribution < 1.29 is 18.7 Å². The highest BCUT2D eigenvalue weighted by Crippen LogP contribution is 2.20. The van der Waals surface area contributed by atoms with Crippen molar-refractivity contribution >= 4 is 5.97 Å². The zero-order valence-electron chi connectivity index (χ0n) is 12.7. The highest BCUT2D eigenvalue weighted by Gasteiger charge is 2.11. The van der Waals surface area contributed by atoms with Crippen molar-refractivity contribution in [1.82, 2.24) is 20.2 Å². The number of aromatic nitrogens is 4. The van der Waals surface area contributed by atoms with E-state index in [1.165, 1.54) is 36.3 Å². The molecule has 0 radical (unpaired) electrons. The van der Waals surface area contributed by atoms with Crippen molar-refractivity contribution in [2.75, 3.05) is 7.11 Å². The number of nitrogens with zero attached hydrogens (tertiary/aromatic N) is 4. The molecule has 0 atom stereocenters. The number of halogens is 1. The number of methoxy groups -OCH3 is 1. The van der Waals surface area contributed by atoms with Crippen LogP contribution in [0.25, 0.3) is 5.69 Å². The van der Waals surface area contributed by atoms with Crippen LogP contribution in [0.3, 0.4) is 0 Å². The summed E-state index contributed by atoms with van der Waals surface area (Å²) in [5, 5.41) is 10.8. The zero-order chi connectivity index (χ0) is 16.9. The van der Waals surface area contributed by atoms with E-state index >= 15 is 0 Å². The number of ether oxygens (including phenoxy) is 2. The molecule has 0 spiro atoms. The van der Waals surface area contributed by atoms with Crippen LogP contribution in [-0.2, 0) is 11.3 Å². The van der Waals surface area contributed by atoms with Crippen LogP contribution in [0.2, 0.25) is 0 Å². The maximum atomic E-state index is 13.3. The van der Waals surface area contributed by atoms with Crippen molar-refractivity contribution in [3.8, 4) is 11.4 Å². The molecule has 3 rings (SSSR count). The molecule has 8 heteroatoms. The van der Waals surface area contributed by atoms with Gasteiger partial charge in [0.25, 0.3) is 0 Å². The summed E-state index contributed by atoms with van der Waals surface area (Å²) in [5.74, 6) is -0.490. The van der Waals surface area contributed by atoms with Gasteiger partial charge in [-0.2, -0.15) is 0 Å². The minimum Gasteiger partial charge on any atom is -0.496 e. The SMILES string of the molecule is COc1ccc(F)cc1COC(=O)c1ccc(-n2cnnn2)cc1. The fourth-order valence-electron chi connectivity index (χ4n) is 2.12. The first-order chi connectivity index (χ1) is 11.7. The van der Waals surface area contributed by atoms with Gasteiger partial charge in [-0.15, -0.1) is 5.10 Å². The zero-order valence-corrected chi connectivity index (χ0v) is 12.7. The number of carbonyl (C=O) groups excluding carboxylic acids is 1. The van der Waals surface area contributed by atoms with Gasteiger partial charge >= 0.3 is 5.97 Å². The first-order valence-electron chi connectivity index (χ1n) is 7.00. The van der Waals surface area contributed by atoms with Crippen LogP contribution in [-0.4, -0.2) is 33.3 Å². The molecule has 0 N–H and O–H groups in total. The predicted molar refractivity (Wildman–Crippen MR) is 81.2 cm³/mol. The van der Waals surface area contributed by atoms with Crippen LogP contribution in [0.1, 0.15) is 15.9 Å². The summed E-state index contributed by atoms with van der Waals surface area (Å²) in [7, 11) is 1.47. The molecule has 0 aliphatic heterocycles. The molecule has 0 aliphatic rings. The van der Waals surface area contributed by atoms with Crippen LogP contribution < -0.4 is 4.74 Å². The van der Waals surface area contributed by atoms with E-state index in [1.807, 2.05) is 0 Å². The highest BCUT2D eigenvalue weighted by molar-refractivity contribution is 5.89. The van der Waals surface area contributed by atoms with Gasteiger partial charge in [0, 0.05) is 5.56 Å². The number of benzene rings is 2. The quantitative estimate of drug-likeness (QED) is 0.668. The van der Waals surface area contributed by atoms with Crippen LogP contribution in [0.5, 0.6) is 5.75 Å². The van der Waals surface area contributed by atoms with E-state index in [1.54, 1.807) is 24.3 Å². The van der Waals surface area contributed by atoms with Gasteiger partial charge < -0.3 is 9.47 Å². The lowest BCUT2D eigenvalue weighted by molar-refractivity contribution is 0.0469. The molecule has 7 nitrogen and oxygen atoms in total. The molecule has 0 amide bonds. The van der Waals surface area contributed by atoms with Crippen LogP contribution >= 0.6 is 0 Å². The second-order valence-corrected chi connectivity index (χ2v) is 4.83. The Labute approximate surface area is 136 Å². The van der Waals surface area contributed by atoms with Gasteiger partial charge in [0.15, 0.2) is 0 Å². The van der Waals surface area contributed by atoms with E-state index in [4.69, 9.17) is 9.47 Å². The lowest BCUT2D eigenvalue weighted by Gasteiger charge is -2.09. The second-order valence-electron chi connectivity index (χ2n) is 4.83. The van der Waals surface area contributed by atoms with Crippen LogP contribution in [0, 0.1) is 5.82 Å². The Morgan fingerprint density at radius 2 is 2.00 bits per heavy atom. The number of carbonyl (C=O) groups is 1. The molecule has 24 heavy (non-hydrogen) atoms. The topological polar surface area (TPSA) is 79.1 Å². The van der Waals surface area contributed by atoms with Gasteiger partial charge in [-0.05, 0) is 52.9 Å². The van der Waals surface area contributed by atoms with E-state index in [0.29, 0.717) is 22.6 Å². The van der Waals surface area contributed by atoms with Gasteiger partial charge in [-0.25, -0.2) is 13.9 Å². The lowest BCUT2D eigenvalue weighted by atomic mass is 10.2. The van der Waals surface area contributed by atoms with Crippen molar-refractivity contribution in [3.63, 3.8) is 0 Å².